The van der Waals surface area contributed by atoms with Crippen LogP contribution in [0.3, 0.4) is 0 Å². The first-order valence-electron chi connectivity index (χ1n) is 6.91. The highest BCUT2D eigenvalue weighted by molar-refractivity contribution is 7.91. The van der Waals surface area contributed by atoms with E-state index in [4.69, 9.17) is 27.9 Å². The Morgan fingerprint density at radius 3 is 2.52 bits per heavy atom. The van der Waals surface area contributed by atoms with Crippen LogP contribution in [-0.4, -0.2) is 30.7 Å². The van der Waals surface area contributed by atoms with Gasteiger partial charge >= 0.3 is 5.97 Å². The summed E-state index contributed by atoms with van der Waals surface area (Å²) in [5.41, 5.74) is -0.0914. The molecule has 2 aromatic rings. The highest BCUT2D eigenvalue weighted by Crippen LogP contribution is 2.33. The van der Waals surface area contributed by atoms with Crippen LogP contribution in [0.1, 0.15) is 27.2 Å². The second-order valence-electron chi connectivity index (χ2n) is 6.11. The summed E-state index contributed by atoms with van der Waals surface area (Å²) in [5.74, 6) is -0.960. The van der Waals surface area contributed by atoms with Crippen LogP contribution in [0.2, 0.25) is 10.0 Å². The van der Waals surface area contributed by atoms with Crippen LogP contribution in [0.15, 0.2) is 23.2 Å². The van der Waals surface area contributed by atoms with E-state index in [1.54, 1.807) is 39.0 Å². The van der Waals surface area contributed by atoms with Gasteiger partial charge in [-0.2, -0.15) is 0 Å². The Morgan fingerprint density at radius 2 is 1.91 bits per heavy atom. The lowest BCUT2D eigenvalue weighted by molar-refractivity contribution is -0.154. The third kappa shape index (κ3) is 4.40. The lowest BCUT2D eigenvalue weighted by atomic mass is 10.2. The minimum absolute atomic E-state index is 0.0756. The number of ether oxygens (including phenoxy) is 1. The molecule has 0 atom stereocenters. The molecule has 0 fully saturated rings. The van der Waals surface area contributed by atoms with Crippen molar-refractivity contribution in [2.24, 2.45) is 0 Å². The van der Waals surface area contributed by atoms with Gasteiger partial charge in [0.1, 0.15) is 5.60 Å². The number of carbonyl (C=O) groups is 1. The number of halogens is 2. The summed E-state index contributed by atoms with van der Waals surface area (Å²) in [5, 5.41) is 0.942. The molecule has 0 aliphatic rings. The van der Waals surface area contributed by atoms with E-state index in [0.29, 0.717) is 15.9 Å². The van der Waals surface area contributed by atoms with Crippen molar-refractivity contribution in [2.75, 3.05) is 5.75 Å². The van der Waals surface area contributed by atoms with Crippen LogP contribution in [0.5, 0.6) is 0 Å². The van der Waals surface area contributed by atoms with Gasteiger partial charge in [0, 0.05) is 15.9 Å². The number of aromatic nitrogens is 1. The Morgan fingerprint density at radius 1 is 1.26 bits per heavy atom. The molecule has 23 heavy (non-hydrogen) atoms. The van der Waals surface area contributed by atoms with Crippen molar-refractivity contribution in [1.82, 2.24) is 4.98 Å². The van der Waals surface area contributed by atoms with Gasteiger partial charge in [-0.25, -0.2) is 8.42 Å². The molecule has 5 nitrogen and oxygen atoms in total. The Kier molecular flexibility index (Phi) is 4.99. The van der Waals surface area contributed by atoms with Gasteiger partial charge < -0.3 is 9.72 Å². The molecule has 2 rings (SSSR count). The van der Waals surface area contributed by atoms with Gasteiger partial charge in [0.2, 0.25) is 0 Å². The fraction of sp³-hybridized carbons (Fsp3) is 0.400. The topological polar surface area (TPSA) is 76.2 Å². The number of sulfone groups is 1. The van der Waals surface area contributed by atoms with Crippen LogP contribution in [0.4, 0.5) is 0 Å². The van der Waals surface area contributed by atoms with Crippen molar-refractivity contribution in [1.29, 1.82) is 0 Å². The van der Waals surface area contributed by atoms with Gasteiger partial charge in [-0.15, -0.1) is 0 Å². The third-order valence-electron chi connectivity index (χ3n) is 2.97. The van der Waals surface area contributed by atoms with E-state index in [-0.39, 0.29) is 22.2 Å². The molecule has 0 amide bonds. The largest absolute Gasteiger partial charge is 0.460 e. The highest BCUT2D eigenvalue weighted by atomic mass is 35.5. The number of rotatable bonds is 4. The molecule has 0 bridgehead atoms. The average molecular weight is 378 g/mol. The minimum Gasteiger partial charge on any atom is -0.460 e. The third-order valence-corrected chi connectivity index (χ3v) is 5.38. The van der Waals surface area contributed by atoms with E-state index >= 15 is 0 Å². The number of aromatic amines is 1. The van der Waals surface area contributed by atoms with Crippen LogP contribution in [0.25, 0.3) is 10.9 Å². The molecule has 0 saturated carbocycles. The predicted octanol–water partition coefficient (Wildman–Crippen LogP) is 3.98. The van der Waals surface area contributed by atoms with Gasteiger partial charge in [0.15, 0.2) is 14.9 Å². The highest BCUT2D eigenvalue weighted by Gasteiger charge is 2.25. The first-order chi connectivity index (χ1) is 10.5. The van der Waals surface area contributed by atoms with Crippen molar-refractivity contribution in [3.8, 4) is 0 Å². The van der Waals surface area contributed by atoms with Crippen LogP contribution >= 0.6 is 23.2 Å². The quantitative estimate of drug-likeness (QED) is 0.817. The van der Waals surface area contributed by atoms with E-state index < -0.39 is 21.4 Å². The number of H-pyrrole nitrogens is 1. The molecule has 0 spiro atoms. The SMILES string of the molecule is CC(C)(C)OC(=O)CCS(=O)(=O)c1[nH]c2ccc(Cl)cc2c1Cl. The predicted molar refractivity (Wildman–Crippen MR) is 90.8 cm³/mol. The molecular weight excluding hydrogens is 361 g/mol. The molecule has 0 saturated heterocycles. The summed E-state index contributed by atoms with van der Waals surface area (Å²) in [6.45, 7) is 5.16. The standard InChI is InChI=1S/C15H17Cl2NO4S/c1-15(2,3)22-12(19)6-7-23(20,21)14-13(17)10-8-9(16)4-5-11(10)18-14/h4-5,8,18H,6-7H2,1-3H3. The van der Waals surface area contributed by atoms with Crippen molar-refractivity contribution in [2.45, 2.75) is 37.8 Å². The summed E-state index contributed by atoms with van der Waals surface area (Å²) in [4.78, 5) is 14.5. The molecule has 1 N–H and O–H groups in total. The maximum atomic E-state index is 12.4. The number of esters is 1. The summed E-state index contributed by atoms with van der Waals surface area (Å²) < 4.78 is 30.0. The maximum Gasteiger partial charge on any atom is 0.307 e. The second kappa shape index (κ2) is 6.34. The van der Waals surface area contributed by atoms with E-state index in [9.17, 15) is 13.2 Å². The zero-order valence-electron chi connectivity index (χ0n) is 12.9. The molecule has 0 unspecified atom stereocenters. The van der Waals surface area contributed by atoms with Crippen LogP contribution in [-0.2, 0) is 19.4 Å². The molecule has 8 heteroatoms. The zero-order valence-corrected chi connectivity index (χ0v) is 15.3. The number of hydrogen-bond acceptors (Lipinski definition) is 4. The van der Waals surface area contributed by atoms with Crippen molar-refractivity contribution >= 4 is 49.9 Å². The first-order valence-corrected chi connectivity index (χ1v) is 9.32. The first kappa shape index (κ1) is 18.1. The zero-order chi connectivity index (χ0) is 17.4. The molecule has 1 aromatic carbocycles. The molecule has 1 aromatic heterocycles. The summed E-state index contributed by atoms with van der Waals surface area (Å²) in [6.07, 6.45) is -0.244. The molecular formula is C15H17Cl2NO4S. The van der Waals surface area contributed by atoms with Gasteiger partial charge in [0.25, 0.3) is 0 Å². The molecule has 0 radical (unpaired) electrons. The van der Waals surface area contributed by atoms with Crippen LogP contribution < -0.4 is 0 Å². The number of hydrogen-bond donors (Lipinski definition) is 1. The number of benzene rings is 1. The van der Waals surface area contributed by atoms with Gasteiger partial charge in [0.05, 0.1) is 17.2 Å². The van der Waals surface area contributed by atoms with E-state index in [2.05, 4.69) is 4.98 Å². The second-order valence-corrected chi connectivity index (χ2v) is 8.97. The fourth-order valence-corrected chi connectivity index (χ4v) is 4.05. The molecule has 0 aliphatic heterocycles. The summed E-state index contributed by atoms with van der Waals surface area (Å²) in [7, 11) is -3.75. The number of fused-ring (bicyclic) bond motifs is 1. The minimum atomic E-state index is -3.75. The Bertz CT molecular complexity index is 850. The van der Waals surface area contributed by atoms with E-state index in [0.717, 1.165) is 0 Å². The van der Waals surface area contributed by atoms with E-state index in [1.165, 1.54) is 0 Å². The molecule has 126 valence electrons. The van der Waals surface area contributed by atoms with Gasteiger partial charge in [-0.1, -0.05) is 23.2 Å². The Hall–Kier alpha value is -1.24. The van der Waals surface area contributed by atoms with E-state index in [1.807, 2.05) is 0 Å². The smallest absolute Gasteiger partial charge is 0.307 e. The van der Waals surface area contributed by atoms with Crippen LogP contribution in [0, 0.1) is 0 Å². The maximum absolute atomic E-state index is 12.4. The Labute approximate surface area is 144 Å². The van der Waals surface area contributed by atoms with Gasteiger partial charge in [-0.05, 0) is 39.0 Å². The van der Waals surface area contributed by atoms with Gasteiger partial charge in [-0.3, -0.25) is 4.79 Å². The molecule has 1 heterocycles. The summed E-state index contributed by atoms with van der Waals surface area (Å²) >= 11 is 12.0. The lowest BCUT2D eigenvalue weighted by Crippen LogP contribution is -2.25. The number of nitrogens with one attached hydrogen (secondary N) is 1. The molecule has 0 aliphatic carbocycles. The monoisotopic (exact) mass is 377 g/mol. The van der Waals surface area contributed by atoms with Crippen molar-refractivity contribution in [3.63, 3.8) is 0 Å². The Balaban J connectivity index is 2.23. The lowest BCUT2D eigenvalue weighted by Gasteiger charge is -2.19. The van der Waals surface area contributed by atoms with Crippen molar-refractivity contribution < 1.29 is 17.9 Å². The van der Waals surface area contributed by atoms with Crippen molar-refractivity contribution in [3.05, 3.63) is 28.2 Å². The normalized spacial score (nSPS) is 12.6. The summed E-state index contributed by atoms with van der Waals surface area (Å²) in [6, 6.07) is 4.87. The average Bonchev–Trinajstić information content (AvgIpc) is 2.73. The fourth-order valence-electron chi connectivity index (χ4n) is 2.03. The number of carbonyl (C=O) groups excluding carboxylic acids is 1.